The molecule has 1 aliphatic heterocycles. The van der Waals surface area contributed by atoms with Crippen molar-refractivity contribution >= 4 is 57.5 Å². The van der Waals surface area contributed by atoms with Gasteiger partial charge in [0.1, 0.15) is 17.9 Å². The summed E-state index contributed by atoms with van der Waals surface area (Å²) in [6, 6.07) is 37.8. The van der Waals surface area contributed by atoms with E-state index in [1.807, 2.05) is 24.3 Å². The van der Waals surface area contributed by atoms with Crippen molar-refractivity contribution in [2.75, 3.05) is 24.8 Å². The zero-order valence-electron chi connectivity index (χ0n) is 29.2. The molecule has 0 spiro atoms. The van der Waals surface area contributed by atoms with Crippen LogP contribution in [0.2, 0.25) is 0 Å². The van der Waals surface area contributed by atoms with Crippen molar-refractivity contribution in [3.8, 4) is 17.0 Å². The molecule has 0 saturated heterocycles. The van der Waals surface area contributed by atoms with Gasteiger partial charge in [0.15, 0.2) is 11.5 Å². The standard InChI is InChI=1S/C16H11NO3.C9H9NO3.C8H5NO2.C8H8O2.Ac/c18-15-13(16(19)20)11-8-4-5-9-12(11)17-14(15)10-6-2-1-3-7-10;1-13-9(12)8(11)6-4-2-3-5-7(6)10;10-7-5-3-1-2-4-6(5)9-8(7)11;9-6-8(10)7-4-2-1-3-5-7;/h1-9,18H,(H,19,20);2-5H,10H2,1H3;1-4H,(H,9,10,11);1-5,9H,6H2;. The Morgan fingerprint density at radius 3 is 1.93 bits per heavy atom. The quantitative estimate of drug-likeness (QED) is 0.0595. The van der Waals surface area contributed by atoms with Crippen LogP contribution < -0.4 is 11.1 Å². The molecule has 0 fully saturated rings. The first-order valence-electron chi connectivity index (χ1n) is 16.0. The van der Waals surface area contributed by atoms with E-state index in [-0.39, 0.29) is 78.1 Å². The number of para-hydroxylation sites is 3. The predicted octanol–water partition coefficient (Wildman–Crippen LogP) is 5.61. The van der Waals surface area contributed by atoms with E-state index >= 15 is 0 Å². The molecule has 0 aliphatic carbocycles. The van der Waals surface area contributed by atoms with Gasteiger partial charge in [0, 0.05) is 66.3 Å². The summed E-state index contributed by atoms with van der Waals surface area (Å²) in [5.41, 5.74) is 8.97. The minimum atomic E-state index is -1.17. The maximum absolute atomic E-state index is 11.4. The molecule has 14 heteroatoms. The molecule has 1 aliphatic rings. The van der Waals surface area contributed by atoms with Crippen molar-refractivity contribution in [1.82, 2.24) is 4.98 Å². The van der Waals surface area contributed by atoms with E-state index in [0.29, 0.717) is 33.3 Å². The molecule has 6 N–H and O–H groups in total. The number of aromatic nitrogens is 1. The number of methoxy groups -OCH3 is 1. The number of benzene rings is 5. The van der Waals surface area contributed by atoms with Crippen molar-refractivity contribution < 1.29 is 92.9 Å². The first-order chi connectivity index (χ1) is 26.0. The van der Waals surface area contributed by atoms with Gasteiger partial charge in [0.2, 0.25) is 0 Å². The van der Waals surface area contributed by atoms with Crippen LogP contribution in [-0.4, -0.2) is 69.2 Å². The largest absolute Gasteiger partial charge is 0.505 e. The summed E-state index contributed by atoms with van der Waals surface area (Å²) in [5.74, 6) is -4.31. The van der Waals surface area contributed by atoms with Gasteiger partial charge in [-0.2, -0.15) is 0 Å². The molecule has 1 aromatic heterocycles. The minimum Gasteiger partial charge on any atom is -0.505 e. The molecule has 0 unspecified atom stereocenters. The number of Topliss-reactive ketones (excluding diaryl/α,β-unsaturated/α-hetero) is 3. The van der Waals surface area contributed by atoms with Crippen LogP contribution in [0.4, 0.5) is 11.4 Å². The molecule has 13 nitrogen and oxygen atoms in total. The number of anilines is 2. The van der Waals surface area contributed by atoms with Crippen molar-refractivity contribution in [3.63, 3.8) is 0 Å². The molecule has 0 atom stereocenters. The maximum Gasteiger partial charge on any atom is 0.379 e. The fourth-order valence-electron chi connectivity index (χ4n) is 4.93. The number of carbonyl (C=O) groups is 6. The second kappa shape index (κ2) is 21.0. The monoisotopic (exact) mass is 954 g/mol. The van der Waals surface area contributed by atoms with Gasteiger partial charge in [0.25, 0.3) is 17.5 Å². The summed E-state index contributed by atoms with van der Waals surface area (Å²) < 4.78 is 4.28. The van der Waals surface area contributed by atoms with E-state index in [9.17, 15) is 39.0 Å². The van der Waals surface area contributed by atoms with Crippen molar-refractivity contribution in [3.05, 3.63) is 156 Å². The second-order valence-corrected chi connectivity index (χ2v) is 11.1. The Morgan fingerprint density at radius 1 is 0.764 bits per heavy atom. The molecular formula is C41H33AcN3O10. The Labute approximate surface area is 350 Å². The number of ketones is 3. The molecule has 5 aromatic carbocycles. The van der Waals surface area contributed by atoms with Crippen LogP contribution >= 0.6 is 0 Å². The number of carboxylic acids is 1. The number of aliphatic hydroxyl groups excluding tert-OH is 1. The predicted molar refractivity (Wildman–Crippen MR) is 200 cm³/mol. The Balaban J connectivity index is 0.000000204. The number of esters is 1. The molecule has 1 amide bonds. The number of nitrogens with two attached hydrogens (primary N) is 1. The van der Waals surface area contributed by atoms with E-state index < -0.39 is 36.0 Å². The van der Waals surface area contributed by atoms with Crippen LogP contribution in [0.25, 0.3) is 22.2 Å². The summed E-state index contributed by atoms with van der Waals surface area (Å²) in [4.78, 5) is 70.4. The fourth-order valence-corrected chi connectivity index (χ4v) is 4.93. The third-order valence-electron chi connectivity index (χ3n) is 7.57. The summed E-state index contributed by atoms with van der Waals surface area (Å²) >= 11 is 0. The van der Waals surface area contributed by atoms with Gasteiger partial charge in [-0.15, -0.1) is 0 Å². The van der Waals surface area contributed by atoms with Crippen LogP contribution in [0.1, 0.15) is 41.4 Å². The maximum atomic E-state index is 11.4. The Morgan fingerprint density at radius 2 is 1.33 bits per heavy atom. The summed E-state index contributed by atoms with van der Waals surface area (Å²) in [6.45, 7) is -0.413. The smallest absolute Gasteiger partial charge is 0.379 e. The van der Waals surface area contributed by atoms with Gasteiger partial charge in [-0.05, 0) is 30.3 Å². The number of hydrogen-bond acceptors (Lipinski definition) is 11. The zero-order valence-corrected chi connectivity index (χ0v) is 34.0. The SMILES string of the molecule is COC(=O)C(=O)c1ccccc1N.O=C(CO)c1ccccc1.O=C(O)c1c(O)c(-c2ccccc2)nc2ccccc12.O=C1Nc2ccccc2C1=O.[Ac]. The number of nitrogen functional groups attached to an aromatic ring is 1. The molecule has 6 aromatic rings. The Bertz CT molecular complexity index is 2330. The third kappa shape index (κ3) is 11.2. The number of rotatable bonds is 6. The van der Waals surface area contributed by atoms with Crippen LogP contribution in [-0.2, 0) is 14.3 Å². The normalized spacial score (nSPS) is 10.7. The summed E-state index contributed by atoms with van der Waals surface area (Å²) in [5, 5.41) is 30.9. The number of fused-ring (bicyclic) bond motifs is 2. The number of nitrogens with zero attached hydrogens (tertiary/aromatic N) is 1. The topological polar surface area (TPSA) is 223 Å². The number of ether oxygens (including phenoxy) is 1. The average Bonchev–Trinajstić information content (AvgIpc) is 3.50. The number of aromatic carboxylic acids is 1. The van der Waals surface area contributed by atoms with E-state index in [2.05, 4.69) is 15.0 Å². The van der Waals surface area contributed by atoms with Gasteiger partial charge < -0.3 is 31.1 Å². The molecule has 0 bridgehead atoms. The number of carbonyl (C=O) groups excluding carboxylic acids is 5. The van der Waals surface area contributed by atoms with E-state index in [1.54, 1.807) is 103 Å². The van der Waals surface area contributed by atoms with Gasteiger partial charge >= 0.3 is 11.9 Å². The van der Waals surface area contributed by atoms with Crippen molar-refractivity contribution in [2.45, 2.75) is 0 Å². The molecular weight excluding hydrogens is 921 g/mol. The van der Waals surface area contributed by atoms with Crippen LogP contribution in [0.5, 0.6) is 5.75 Å². The van der Waals surface area contributed by atoms with Crippen molar-refractivity contribution in [1.29, 1.82) is 0 Å². The number of nitrogens with one attached hydrogen (secondary N) is 1. The van der Waals surface area contributed by atoms with Crippen LogP contribution in [0.3, 0.4) is 0 Å². The van der Waals surface area contributed by atoms with Crippen LogP contribution in [0.15, 0.2) is 133 Å². The second-order valence-electron chi connectivity index (χ2n) is 11.1. The third-order valence-corrected chi connectivity index (χ3v) is 7.57. The zero-order chi connectivity index (χ0) is 39.2. The van der Waals surface area contributed by atoms with E-state index in [0.717, 1.165) is 7.11 Å². The number of aromatic hydroxyl groups is 1. The molecule has 0 saturated carbocycles. The minimum absolute atomic E-state index is 0. The summed E-state index contributed by atoms with van der Waals surface area (Å²) in [6.07, 6.45) is 0. The first-order valence-corrected chi connectivity index (χ1v) is 16.0. The van der Waals surface area contributed by atoms with Crippen LogP contribution in [0, 0.1) is 44.1 Å². The summed E-state index contributed by atoms with van der Waals surface area (Å²) in [7, 11) is 1.15. The number of aliphatic hydroxyl groups is 1. The molecule has 2 heterocycles. The van der Waals surface area contributed by atoms with Crippen molar-refractivity contribution in [2.24, 2.45) is 0 Å². The van der Waals surface area contributed by atoms with Gasteiger partial charge in [-0.1, -0.05) is 103 Å². The van der Waals surface area contributed by atoms with Gasteiger partial charge in [-0.25, -0.2) is 14.6 Å². The fraction of sp³-hybridized carbons (Fsp3) is 0.0488. The molecule has 7 rings (SSSR count). The first kappa shape index (κ1) is 43.3. The number of hydrogen-bond donors (Lipinski definition) is 5. The molecule has 1 radical (unpaired) electrons. The number of carboxylic acid groups (broad SMARTS) is 1. The Hall–Kier alpha value is -6.07. The van der Waals surface area contributed by atoms with Gasteiger partial charge in [0.05, 0.1) is 29.4 Å². The number of amides is 1. The molecule has 55 heavy (non-hydrogen) atoms. The molecule has 275 valence electrons. The number of pyridine rings is 1. The Kier molecular flexibility index (Phi) is 16.5. The average molecular weight is 955 g/mol. The van der Waals surface area contributed by atoms with E-state index in [1.165, 1.54) is 6.07 Å². The van der Waals surface area contributed by atoms with E-state index in [4.69, 9.17) is 10.8 Å². The van der Waals surface area contributed by atoms with Gasteiger partial charge in [-0.3, -0.25) is 19.2 Å².